The van der Waals surface area contributed by atoms with Crippen molar-refractivity contribution in [2.75, 3.05) is 19.6 Å². The van der Waals surface area contributed by atoms with Crippen molar-refractivity contribution >= 4 is 42.5 Å². The molecule has 2 N–H and O–H groups in total. The SMILES string of the molecule is CCNCCNC(=O)c1ccc2c(c1)C(=O)N(Cc1ccncc1)C2=O.Cl.Cl. The van der Waals surface area contributed by atoms with Gasteiger partial charge in [0.15, 0.2) is 0 Å². The molecule has 9 heteroatoms. The van der Waals surface area contributed by atoms with Crippen molar-refractivity contribution in [3.05, 3.63) is 65.0 Å². The van der Waals surface area contributed by atoms with E-state index in [-0.39, 0.29) is 54.6 Å². The molecule has 2 aromatic rings. The fourth-order valence-corrected chi connectivity index (χ4v) is 2.79. The topological polar surface area (TPSA) is 91.4 Å². The molecule has 1 aliphatic heterocycles. The van der Waals surface area contributed by atoms with Crippen molar-refractivity contribution in [3.8, 4) is 0 Å². The number of aromatic nitrogens is 1. The second-order valence-electron chi connectivity index (χ2n) is 5.92. The number of rotatable bonds is 7. The summed E-state index contributed by atoms with van der Waals surface area (Å²) in [5.74, 6) is -0.997. The molecule has 1 aliphatic rings. The Kier molecular flexibility index (Phi) is 9.05. The first-order valence-corrected chi connectivity index (χ1v) is 8.50. The van der Waals surface area contributed by atoms with Crippen LogP contribution >= 0.6 is 24.8 Å². The van der Waals surface area contributed by atoms with E-state index in [0.29, 0.717) is 24.2 Å². The molecule has 28 heavy (non-hydrogen) atoms. The number of benzene rings is 1. The molecule has 0 radical (unpaired) electrons. The third kappa shape index (κ3) is 5.07. The zero-order chi connectivity index (χ0) is 18.5. The first-order chi connectivity index (χ1) is 12.6. The second-order valence-corrected chi connectivity index (χ2v) is 5.92. The standard InChI is InChI=1S/C19H20N4O3.2ClH/c1-2-20-9-10-22-17(24)14-3-4-15-16(11-14)19(26)23(18(15)25)12-13-5-7-21-8-6-13;;/h3-8,11,20H,2,9-10,12H2,1H3,(H,22,24);2*1H. The largest absolute Gasteiger partial charge is 0.351 e. The molecule has 0 spiro atoms. The summed E-state index contributed by atoms with van der Waals surface area (Å²) >= 11 is 0. The van der Waals surface area contributed by atoms with Gasteiger partial charge in [-0.3, -0.25) is 24.3 Å². The van der Waals surface area contributed by atoms with Crippen LogP contribution in [0.25, 0.3) is 0 Å². The molecule has 1 aromatic heterocycles. The quantitative estimate of drug-likeness (QED) is 0.524. The van der Waals surface area contributed by atoms with Gasteiger partial charge >= 0.3 is 0 Å². The maximum absolute atomic E-state index is 12.6. The lowest BCUT2D eigenvalue weighted by Gasteiger charge is -2.13. The molecule has 0 atom stereocenters. The van der Waals surface area contributed by atoms with Gasteiger partial charge in [-0.05, 0) is 42.4 Å². The third-order valence-electron chi connectivity index (χ3n) is 4.16. The van der Waals surface area contributed by atoms with E-state index >= 15 is 0 Å². The Morgan fingerprint density at radius 1 is 1.00 bits per heavy atom. The lowest BCUT2D eigenvalue weighted by Crippen LogP contribution is -2.31. The predicted octanol–water partition coefficient (Wildman–Crippen LogP) is 2.06. The fourth-order valence-electron chi connectivity index (χ4n) is 2.79. The molecule has 3 rings (SSSR count). The minimum absolute atomic E-state index is 0. The second kappa shape index (κ2) is 10.8. The molecule has 150 valence electrons. The van der Waals surface area contributed by atoms with Crippen LogP contribution in [0.3, 0.4) is 0 Å². The molecule has 0 saturated heterocycles. The molecule has 3 amide bonds. The van der Waals surface area contributed by atoms with E-state index in [1.165, 1.54) is 11.0 Å². The van der Waals surface area contributed by atoms with E-state index in [2.05, 4.69) is 15.6 Å². The van der Waals surface area contributed by atoms with Gasteiger partial charge in [-0.1, -0.05) is 6.92 Å². The number of halogens is 2. The van der Waals surface area contributed by atoms with Crippen LogP contribution in [-0.4, -0.2) is 47.2 Å². The van der Waals surface area contributed by atoms with Gasteiger partial charge in [0.2, 0.25) is 0 Å². The van der Waals surface area contributed by atoms with Crippen LogP contribution in [0.15, 0.2) is 42.7 Å². The van der Waals surface area contributed by atoms with Crippen LogP contribution in [0.5, 0.6) is 0 Å². The van der Waals surface area contributed by atoms with E-state index < -0.39 is 0 Å². The van der Waals surface area contributed by atoms with Crippen molar-refractivity contribution in [3.63, 3.8) is 0 Å². The van der Waals surface area contributed by atoms with E-state index in [9.17, 15) is 14.4 Å². The molecular weight excluding hydrogens is 403 g/mol. The number of likely N-dealkylation sites (N-methyl/N-ethyl adjacent to an activating group) is 1. The molecular formula is C19H22Cl2N4O3. The van der Waals surface area contributed by atoms with Gasteiger partial charge in [-0.15, -0.1) is 24.8 Å². The van der Waals surface area contributed by atoms with Crippen LogP contribution in [-0.2, 0) is 6.54 Å². The predicted molar refractivity (Wildman–Crippen MR) is 110 cm³/mol. The van der Waals surface area contributed by atoms with Crippen molar-refractivity contribution in [2.24, 2.45) is 0 Å². The van der Waals surface area contributed by atoms with E-state index in [1.807, 2.05) is 6.92 Å². The Bertz CT molecular complexity index is 846. The van der Waals surface area contributed by atoms with Crippen molar-refractivity contribution < 1.29 is 14.4 Å². The van der Waals surface area contributed by atoms with Crippen LogP contribution in [0.4, 0.5) is 0 Å². The summed E-state index contributed by atoms with van der Waals surface area (Å²) in [5, 5.41) is 5.90. The lowest BCUT2D eigenvalue weighted by atomic mass is 10.1. The van der Waals surface area contributed by atoms with Gasteiger partial charge in [0.1, 0.15) is 0 Å². The Hall–Kier alpha value is -2.48. The number of hydrogen-bond acceptors (Lipinski definition) is 5. The smallest absolute Gasteiger partial charge is 0.261 e. The molecule has 0 saturated carbocycles. The molecule has 0 aliphatic carbocycles. The van der Waals surface area contributed by atoms with Gasteiger partial charge in [0, 0.05) is 31.0 Å². The molecule has 1 aromatic carbocycles. The molecule has 0 bridgehead atoms. The highest BCUT2D eigenvalue weighted by molar-refractivity contribution is 6.22. The monoisotopic (exact) mass is 424 g/mol. The number of carbonyl (C=O) groups is 3. The maximum Gasteiger partial charge on any atom is 0.261 e. The van der Waals surface area contributed by atoms with Crippen molar-refractivity contribution in [1.82, 2.24) is 20.5 Å². The minimum atomic E-state index is -0.385. The molecule has 7 nitrogen and oxygen atoms in total. The van der Waals surface area contributed by atoms with Gasteiger partial charge in [-0.2, -0.15) is 0 Å². The van der Waals surface area contributed by atoms with Gasteiger partial charge in [0.05, 0.1) is 17.7 Å². The number of fused-ring (bicyclic) bond motifs is 1. The Morgan fingerprint density at radius 2 is 1.68 bits per heavy atom. The maximum atomic E-state index is 12.6. The zero-order valence-corrected chi connectivity index (χ0v) is 16.9. The van der Waals surface area contributed by atoms with Gasteiger partial charge in [0.25, 0.3) is 17.7 Å². The molecule has 0 fully saturated rings. The van der Waals surface area contributed by atoms with E-state index in [4.69, 9.17) is 0 Å². The summed E-state index contributed by atoms with van der Waals surface area (Å²) in [5.41, 5.74) is 1.78. The number of carbonyl (C=O) groups excluding carboxylic acids is 3. The summed E-state index contributed by atoms with van der Waals surface area (Å²) in [7, 11) is 0. The average Bonchev–Trinajstić information content (AvgIpc) is 2.90. The highest BCUT2D eigenvalue weighted by atomic mass is 35.5. The molecule has 0 unspecified atom stereocenters. The minimum Gasteiger partial charge on any atom is -0.351 e. The lowest BCUT2D eigenvalue weighted by molar-refractivity contribution is 0.0642. The zero-order valence-electron chi connectivity index (χ0n) is 15.3. The van der Waals surface area contributed by atoms with Gasteiger partial charge in [-0.25, -0.2) is 0 Å². The summed E-state index contributed by atoms with van der Waals surface area (Å²) in [6, 6.07) is 8.12. The Morgan fingerprint density at radius 3 is 2.36 bits per heavy atom. The summed E-state index contributed by atoms with van der Waals surface area (Å²) in [6.07, 6.45) is 3.23. The van der Waals surface area contributed by atoms with E-state index in [0.717, 1.165) is 12.1 Å². The number of nitrogens with zero attached hydrogens (tertiary/aromatic N) is 2. The van der Waals surface area contributed by atoms with Crippen LogP contribution in [0.2, 0.25) is 0 Å². The Labute approximate surface area is 175 Å². The van der Waals surface area contributed by atoms with Crippen LogP contribution in [0.1, 0.15) is 43.6 Å². The number of hydrogen-bond donors (Lipinski definition) is 2. The van der Waals surface area contributed by atoms with E-state index in [1.54, 1.807) is 36.7 Å². The third-order valence-corrected chi connectivity index (χ3v) is 4.16. The van der Waals surface area contributed by atoms with Gasteiger partial charge < -0.3 is 10.6 Å². The van der Waals surface area contributed by atoms with Crippen LogP contribution < -0.4 is 10.6 Å². The van der Waals surface area contributed by atoms with Crippen LogP contribution in [0, 0.1) is 0 Å². The first kappa shape index (κ1) is 23.6. The average molecular weight is 425 g/mol. The molecule has 2 heterocycles. The summed E-state index contributed by atoms with van der Waals surface area (Å²) in [4.78, 5) is 42.5. The number of pyridine rings is 1. The normalized spacial score (nSPS) is 12.1. The number of amides is 3. The number of imide groups is 1. The number of nitrogens with one attached hydrogen (secondary N) is 2. The first-order valence-electron chi connectivity index (χ1n) is 8.50. The van der Waals surface area contributed by atoms with Crippen molar-refractivity contribution in [1.29, 1.82) is 0 Å². The highest BCUT2D eigenvalue weighted by Gasteiger charge is 2.35. The summed E-state index contributed by atoms with van der Waals surface area (Å²) < 4.78 is 0. The Balaban J connectivity index is 0.00000196. The fraction of sp³-hybridized carbons (Fsp3) is 0.263. The highest BCUT2D eigenvalue weighted by Crippen LogP contribution is 2.25. The summed E-state index contributed by atoms with van der Waals surface area (Å²) in [6.45, 7) is 4.16. The van der Waals surface area contributed by atoms with Crippen molar-refractivity contribution in [2.45, 2.75) is 13.5 Å².